The highest BCUT2D eigenvalue weighted by Crippen LogP contribution is 2.39. The molecule has 7 nitrogen and oxygen atoms in total. The average Bonchev–Trinajstić information content (AvgIpc) is 3.61. The van der Waals surface area contributed by atoms with Crippen LogP contribution in [0.25, 0.3) is 33.5 Å². The quantitative estimate of drug-likeness (QED) is 0.106. The van der Waals surface area contributed by atoms with E-state index >= 15 is 0 Å². The third-order valence-electron chi connectivity index (χ3n) is 5.82. The fourth-order valence-corrected chi connectivity index (χ4v) is 6.10. The van der Waals surface area contributed by atoms with Crippen LogP contribution in [0.1, 0.15) is 32.9 Å². The van der Waals surface area contributed by atoms with Crippen molar-refractivity contribution in [3.63, 3.8) is 0 Å². The van der Waals surface area contributed by atoms with Gasteiger partial charge in [-0.25, -0.2) is 9.78 Å². The Kier molecular flexibility index (Phi) is 7.75. The number of halogens is 3. The van der Waals surface area contributed by atoms with Crippen molar-refractivity contribution in [1.29, 1.82) is 0 Å². The highest BCUT2D eigenvalue weighted by Gasteiger charge is 2.31. The molecule has 0 unspecified atom stereocenters. The standard InChI is InChI=1S/C26H21Cl3N4O3S2/c1-4-37-25-30-19-14(2)38-21(23(34)35-3)20(19)33(25)13-15-9-11-16(12-10-15)17-7-5-6-8-18(17)22-31-24(36-32-22)26(27,28)29/h5-12H,4,13H2,1-3H3. The summed E-state index contributed by atoms with van der Waals surface area (Å²) >= 11 is 20.7. The fourth-order valence-electron chi connectivity index (χ4n) is 4.12. The number of carbonyl (C=O) groups is 1. The highest BCUT2D eigenvalue weighted by atomic mass is 35.6. The molecule has 0 N–H and O–H groups in total. The number of rotatable bonds is 7. The molecule has 3 heterocycles. The number of thiophene rings is 1. The minimum absolute atomic E-state index is 0.0926. The number of nitrogens with zero attached hydrogens (tertiary/aromatic N) is 4. The molecule has 38 heavy (non-hydrogen) atoms. The van der Waals surface area contributed by atoms with Gasteiger partial charge in [-0.2, -0.15) is 4.98 Å². The maximum Gasteiger partial charge on any atom is 0.350 e. The van der Waals surface area contributed by atoms with Crippen LogP contribution in [-0.4, -0.2) is 38.5 Å². The molecule has 5 rings (SSSR count). The molecule has 0 saturated heterocycles. The predicted octanol–water partition coefficient (Wildman–Crippen LogP) is 7.90. The van der Waals surface area contributed by atoms with Gasteiger partial charge in [-0.15, -0.1) is 11.3 Å². The van der Waals surface area contributed by atoms with Crippen LogP contribution in [0.3, 0.4) is 0 Å². The van der Waals surface area contributed by atoms with E-state index in [1.165, 1.54) is 18.4 Å². The minimum atomic E-state index is -1.80. The number of methoxy groups -OCH3 is 1. The van der Waals surface area contributed by atoms with Crippen molar-refractivity contribution in [2.75, 3.05) is 12.9 Å². The van der Waals surface area contributed by atoms with Gasteiger partial charge in [-0.3, -0.25) is 0 Å². The number of hydrogen-bond acceptors (Lipinski definition) is 8. The number of ether oxygens (including phenoxy) is 1. The normalized spacial score (nSPS) is 11.8. The van der Waals surface area contributed by atoms with Crippen molar-refractivity contribution < 1.29 is 14.1 Å². The van der Waals surface area contributed by atoms with Gasteiger partial charge in [0.05, 0.1) is 19.2 Å². The number of aryl methyl sites for hydroxylation is 1. The monoisotopic (exact) mass is 606 g/mol. The molecule has 12 heteroatoms. The van der Waals surface area contributed by atoms with Crippen molar-refractivity contribution in [1.82, 2.24) is 19.7 Å². The minimum Gasteiger partial charge on any atom is -0.465 e. The van der Waals surface area contributed by atoms with Gasteiger partial charge < -0.3 is 13.8 Å². The SMILES string of the molecule is CCSc1nc2c(C)sc(C(=O)OC)c2n1Cc1ccc(-c2ccccc2-c2noc(C(Cl)(Cl)Cl)n2)cc1. The van der Waals surface area contributed by atoms with Crippen LogP contribution < -0.4 is 0 Å². The summed E-state index contributed by atoms with van der Waals surface area (Å²) in [5.74, 6) is 0.747. The van der Waals surface area contributed by atoms with Crippen LogP contribution in [0.4, 0.5) is 0 Å². The lowest BCUT2D eigenvalue weighted by molar-refractivity contribution is 0.0608. The van der Waals surface area contributed by atoms with E-state index in [9.17, 15) is 4.79 Å². The number of hydrogen-bond donors (Lipinski definition) is 0. The Morgan fingerprint density at radius 2 is 1.82 bits per heavy atom. The maximum atomic E-state index is 12.5. The molecule has 3 aromatic heterocycles. The van der Waals surface area contributed by atoms with Gasteiger partial charge in [-0.1, -0.05) is 107 Å². The summed E-state index contributed by atoms with van der Waals surface area (Å²) in [5.41, 5.74) is 5.33. The third-order valence-corrected chi connectivity index (χ3v) is 8.23. The molecule has 2 aromatic carbocycles. The third kappa shape index (κ3) is 5.18. The highest BCUT2D eigenvalue weighted by molar-refractivity contribution is 7.99. The predicted molar refractivity (Wildman–Crippen MR) is 154 cm³/mol. The molecule has 0 atom stereocenters. The van der Waals surface area contributed by atoms with E-state index in [2.05, 4.69) is 33.8 Å². The first-order chi connectivity index (χ1) is 18.2. The number of aromatic nitrogens is 4. The summed E-state index contributed by atoms with van der Waals surface area (Å²) in [6.07, 6.45) is 0. The summed E-state index contributed by atoms with van der Waals surface area (Å²) in [6, 6.07) is 15.9. The summed E-state index contributed by atoms with van der Waals surface area (Å²) < 4.78 is 10.5. The molecule has 0 aliphatic heterocycles. The van der Waals surface area contributed by atoms with Crippen LogP contribution in [0, 0.1) is 6.92 Å². The second kappa shape index (κ2) is 10.9. The van der Waals surface area contributed by atoms with Gasteiger partial charge in [0, 0.05) is 10.4 Å². The summed E-state index contributed by atoms with van der Waals surface area (Å²) in [7, 11) is 1.40. The van der Waals surface area contributed by atoms with Gasteiger partial charge in [0.15, 0.2) is 5.16 Å². The van der Waals surface area contributed by atoms with Crippen molar-refractivity contribution >= 4 is 74.9 Å². The van der Waals surface area contributed by atoms with Crippen LogP contribution in [0.15, 0.2) is 58.2 Å². The summed E-state index contributed by atoms with van der Waals surface area (Å²) in [6.45, 7) is 4.61. The summed E-state index contributed by atoms with van der Waals surface area (Å²) in [4.78, 5) is 23.2. The van der Waals surface area contributed by atoms with Crippen LogP contribution in [-0.2, 0) is 15.1 Å². The Bertz CT molecular complexity index is 1620. The van der Waals surface area contributed by atoms with Crippen molar-refractivity contribution in [2.45, 2.75) is 29.3 Å². The fraction of sp³-hybridized carbons (Fsp3) is 0.231. The maximum absolute atomic E-state index is 12.5. The zero-order valence-corrected chi connectivity index (χ0v) is 24.4. The lowest BCUT2D eigenvalue weighted by Gasteiger charge is -2.11. The molecule has 196 valence electrons. The first kappa shape index (κ1) is 27.0. The number of fused-ring (bicyclic) bond motifs is 1. The van der Waals surface area contributed by atoms with E-state index in [-0.39, 0.29) is 11.9 Å². The number of carbonyl (C=O) groups excluding carboxylic acids is 1. The van der Waals surface area contributed by atoms with Crippen molar-refractivity contribution in [3.05, 3.63) is 69.7 Å². The molecule has 5 aromatic rings. The number of benzene rings is 2. The molecule has 0 amide bonds. The first-order valence-electron chi connectivity index (χ1n) is 11.5. The molecule has 0 fully saturated rings. The second-order valence-electron chi connectivity index (χ2n) is 8.25. The topological polar surface area (TPSA) is 83.0 Å². The Hall–Kier alpha value is -2.56. The molecule has 0 aliphatic carbocycles. The van der Waals surface area contributed by atoms with Crippen LogP contribution in [0.2, 0.25) is 0 Å². The number of imidazole rings is 1. The molecule has 0 bridgehead atoms. The number of alkyl halides is 3. The zero-order chi connectivity index (χ0) is 27.0. The molecular weight excluding hydrogens is 587 g/mol. The molecule has 0 spiro atoms. The van der Waals surface area contributed by atoms with Crippen LogP contribution in [0.5, 0.6) is 0 Å². The molecule has 0 radical (unpaired) electrons. The van der Waals surface area contributed by atoms with Gasteiger partial charge in [0.1, 0.15) is 10.4 Å². The van der Waals surface area contributed by atoms with E-state index in [1.54, 1.807) is 11.8 Å². The largest absolute Gasteiger partial charge is 0.465 e. The number of esters is 1. The lowest BCUT2D eigenvalue weighted by Crippen LogP contribution is -2.06. The van der Waals surface area contributed by atoms with E-state index in [1.807, 2.05) is 43.3 Å². The van der Waals surface area contributed by atoms with Gasteiger partial charge in [0.25, 0.3) is 9.68 Å². The average molecular weight is 608 g/mol. The second-order valence-corrected chi connectivity index (χ2v) is 13.0. The number of thioether (sulfide) groups is 1. The smallest absolute Gasteiger partial charge is 0.350 e. The van der Waals surface area contributed by atoms with E-state index in [0.29, 0.717) is 17.2 Å². The lowest BCUT2D eigenvalue weighted by atomic mass is 9.98. The Balaban J connectivity index is 1.50. The van der Waals surface area contributed by atoms with Gasteiger partial charge in [-0.05, 0) is 29.4 Å². The Morgan fingerprint density at radius 3 is 2.45 bits per heavy atom. The zero-order valence-electron chi connectivity index (χ0n) is 20.5. The van der Waals surface area contributed by atoms with E-state index < -0.39 is 3.79 Å². The Morgan fingerprint density at radius 1 is 1.11 bits per heavy atom. The summed E-state index contributed by atoms with van der Waals surface area (Å²) in [5, 5.41) is 4.88. The van der Waals surface area contributed by atoms with E-state index in [4.69, 9.17) is 49.0 Å². The van der Waals surface area contributed by atoms with Gasteiger partial charge >= 0.3 is 5.97 Å². The molecular formula is C26H21Cl3N4O3S2. The van der Waals surface area contributed by atoms with Crippen LogP contribution >= 0.6 is 57.9 Å². The first-order valence-corrected chi connectivity index (χ1v) is 14.4. The van der Waals surface area contributed by atoms with Crippen molar-refractivity contribution in [3.8, 4) is 22.5 Å². The Labute approximate surface area is 242 Å². The van der Waals surface area contributed by atoms with Crippen molar-refractivity contribution in [2.24, 2.45) is 0 Å². The molecule has 0 saturated carbocycles. The van der Waals surface area contributed by atoms with E-state index in [0.717, 1.165) is 49.1 Å². The van der Waals surface area contributed by atoms with Gasteiger partial charge in [0.2, 0.25) is 5.82 Å². The molecule has 0 aliphatic rings.